The first-order valence-corrected chi connectivity index (χ1v) is 11.0. The van der Waals surface area contributed by atoms with E-state index in [0.717, 1.165) is 49.6 Å². The molecule has 4 aliphatic carbocycles. The van der Waals surface area contributed by atoms with Crippen LogP contribution >= 0.6 is 0 Å². The number of benzene rings is 1. The van der Waals surface area contributed by atoms with Crippen molar-refractivity contribution >= 4 is 17.1 Å². The van der Waals surface area contributed by atoms with Crippen LogP contribution in [-0.2, 0) is 0 Å². The standard InChI is InChI=1S/C22H32N4O2/c1-15(22-12-16-8-17(13-22)10-18(9-16)14-22)24-20-11-19(2-3-21(20)26(27)28)25-6-4-23-5-7-25/h2-3,11,15-18,23-24H,4-10,12-14H2,1H3/t15-,16?,17?,18?,22?/m1/s1. The summed E-state index contributed by atoms with van der Waals surface area (Å²) in [7, 11) is 0. The van der Waals surface area contributed by atoms with E-state index in [-0.39, 0.29) is 16.7 Å². The molecule has 6 nitrogen and oxygen atoms in total. The second-order valence-corrected chi connectivity index (χ2v) is 9.84. The second kappa shape index (κ2) is 6.90. The first-order chi connectivity index (χ1) is 13.5. The molecule has 1 aliphatic heterocycles. The van der Waals surface area contributed by atoms with E-state index in [4.69, 9.17) is 0 Å². The van der Waals surface area contributed by atoms with Gasteiger partial charge in [0, 0.05) is 44.0 Å². The molecule has 4 bridgehead atoms. The van der Waals surface area contributed by atoms with Crippen LogP contribution in [0.5, 0.6) is 0 Å². The van der Waals surface area contributed by atoms with Gasteiger partial charge in [-0.3, -0.25) is 10.1 Å². The van der Waals surface area contributed by atoms with Gasteiger partial charge in [-0.2, -0.15) is 0 Å². The van der Waals surface area contributed by atoms with Crippen molar-refractivity contribution in [2.45, 2.75) is 51.5 Å². The minimum atomic E-state index is -0.240. The average Bonchev–Trinajstić information content (AvgIpc) is 2.67. The highest BCUT2D eigenvalue weighted by Crippen LogP contribution is 2.61. The van der Waals surface area contributed by atoms with Gasteiger partial charge in [-0.1, -0.05) is 0 Å². The summed E-state index contributed by atoms with van der Waals surface area (Å²) in [5, 5.41) is 18.7. The molecule has 0 aromatic heterocycles. The van der Waals surface area contributed by atoms with Crippen LogP contribution in [0.2, 0.25) is 0 Å². The molecular formula is C22H32N4O2. The van der Waals surface area contributed by atoms with Crippen molar-refractivity contribution in [1.82, 2.24) is 5.32 Å². The van der Waals surface area contributed by atoms with Gasteiger partial charge in [-0.25, -0.2) is 0 Å². The Hall–Kier alpha value is -1.82. The molecule has 5 aliphatic rings. The zero-order valence-electron chi connectivity index (χ0n) is 16.8. The average molecular weight is 385 g/mol. The molecule has 1 aromatic carbocycles. The van der Waals surface area contributed by atoms with Crippen molar-refractivity contribution in [3.63, 3.8) is 0 Å². The van der Waals surface area contributed by atoms with Crippen molar-refractivity contribution < 1.29 is 4.92 Å². The van der Waals surface area contributed by atoms with Gasteiger partial charge >= 0.3 is 0 Å². The van der Waals surface area contributed by atoms with Gasteiger partial charge in [-0.05, 0) is 80.8 Å². The molecule has 2 N–H and O–H groups in total. The molecule has 28 heavy (non-hydrogen) atoms. The molecule has 6 heteroatoms. The number of hydrogen-bond acceptors (Lipinski definition) is 5. The van der Waals surface area contributed by atoms with Gasteiger partial charge in [0.15, 0.2) is 0 Å². The molecule has 1 atom stereocenters. The fourth-order valence-electron chi connectivity index (χ4n) is 7.01. The third-order valence-electron chi connectivity index (χ3n) is 8.04. The number of nitro groups is 1. The van der Waals surface area contributed by atoms with Gasteiger partial charge in [0.05, 0.1) is 4.92 Å². The Balaban J connectivity index is 1.41. The third-order valence-corrected chi connectivity index (χ3v) is 8.04. The van der Waals surface area contributed by atoms with E-state index in [1.54, 1.807) is 6.07 Å². The van der Waals surface area contributed by atoms with Gasteiger partial charge in [0.2, 0.25) is 0 Å². The van der Waals surface area contributed by atoms with E-state index in [2.05, 4.69) is 22.5 Å². The van der Waals surface area contributed by atoms with E-state index < -0.39 is 0 Å². The van der Waals surface area contributed by atoms with Crippen LogP contribution in [0.3, 0.4) is 0 Å². The van der Waals surface area contributed by atoms with Gasteiger partial charge in [-0.15, -0.1) is 0 Å². The normalized spacial score (nSPS) is 35.0. The summed E-state index contributed by atoms with van der Waals surface area (Å²) < 4.78 is 0. The summed E-state index contributed by atoms with van der Waals surface area (Å²) in [5.41, 5.74) is 2.32. The van der Waals surface area contributed by atoms with Crippen molar-refractivity contribution in [2.75, 3.05) is 36.4 Å². The molecule has 6 rings (SSSR count). The number of nitrogens with zero attached hydrogens (tertiary/aromatic N) is 2. The monoisotopic (exact) mass is 384 g/mol. The topological polar surface area (TPSA) is 70.4 Å². The molecule has 0 unspecified atom stereocenters. The predicted octanol–water partition coefficient (Wildman–Crippen LogP) is 4.02. The number of piperazine rings is 1. The molecule has 0 spiro atoms. The third kappa shape index (κ3) is 3.15. The summed E-state index contributed by atoms with van der Waals surface area (Å²) >= 11 is 0. The Morgan fingerprint density at radius 1 is 1.14 bits per heavy atom. The fourth-order valence-corrected chi connectivity index (χ4v) is 7.01. The molecular weight excluding hydrogens is 352 g/mol. The lowest BCUT2D eigenvalue weighted by Crippen LogP contribution is -2.52. The van der Waals surface area contributed by atoms with E-state index in [9.17, 15) is 10.1 Å². The van der Waals surface area contributed by atoms with Crippen LogP contribution in [0.1, 0.15) is 45.4 Å². The van der Waals surface area contributed by atoms with Crippen molar-refractivity contribution in [3.05, 3.63) is 28.3 Å². The molecule has 1 heterocycles. The lowest BCUT2D eigenvalue weighted by atomic mass is 9.48. The zero-order valence-corrected chi connectivity index (χ0v) is 16.8. The Bertz CT molecular complexity index is 724. The highest BCUT2D eigenvalue weighted by atomic mass is 16.6. The van der Waals surface area contributed by atoms with Crippen LogP contribution in [-0.4, -0.2) is 37.1 Å². The Kier molecular flexibility index (Phi) is 4.49. The summed E-state index contributed by atoms with van der Waals surface area (Å²) in [6, 6.07) is 5.88. The van der Waals surface area contributed by atoms with Crippen LogP contribution in [0.4, 0.5) is 17.1 Å². The quantitative estimate of drug-likeness (QED) is 0.593. The van der Waals surface area contributed by atoms with Crippen LogP contribution in [0.25, 0.3) is 0 Å². The van der Waals surface area contributed by atoms with Gasteiger partial charge < -0.3 is 15.5 Å². The number of nitrogens with one attached hydrogen (secondary N) is 2. The first kappa shape index (κ1) is 18.2. The van der Waals surface area contributed by atoms with Crippen molar-refractivity contribution in [3.8, 4) is 0 Å². The maximum Gasteiger partial charge on any atom is 0.292 e. The predicted molar refractivity (Wildman–Crippen MR) is 112 cm³/mol. The summed E-state index contributed by atoms with van der Waals surface area (Å²) in [5.74, 6) is 2.66. The van der Waals surface area contributed by atoms with E-state index in [1.165, 1.54) is 38.5 Å². The molecule has 1 saturated heterocycles. The molecule has 1 aromatic rings. The maximum absolute atomic E-state index is 11.7. The van der Waals surface area contributed by atoms with E-state index >= 15 is 0 Å². The van der Waals surface area contributed by atoms with Gasteiger partial charge in [0.25, 0.3) is 5.69 Å². The number of rotatable bonds is 5. The minimum absolute atomic E-state index is 0.204. The zero-order chi connectivity index (χ0) is 19.3. The smallest absolute Gasteiger partial charge is 0.292 e. The highest BCUT2D eigenvalue weighted by Gasteiger charge is 2.53. The van der Waals surface area contributed by atoms with E-state index in [1.807, 2.05) is 12.1 Å². The Labute approximate surface area is 167 Å². The summed E-state index contributed by atoms with van der Waals surface area (Å²) in [6.07, 6.45) is 8.18. The number of anilines is 2. The van der Waals surface area contributed by atoms with E-state index in [0.29, 0.717) is 11.1 Å². The highest BCUT2D eigenvalue weighted by molar-refractivity contribution is 5.69. The lowest BCUT2D eigenvalue weighted by molar-refractivity contribution is -0.384. The molecule has 152 valence electrons. The molecule has 4 saturated carbocycles. The number of nitro benzene ring substituents is 1. The largest absolute Gasteiger partial charge is 0.376 e. The Morgan fingerprint density at radius 3 is 2.32 bits per heavy atom. The molecule has 0 amide bonds. The van der Waals surface area contributed by atoms with Crippen LogP contribution < -0.4 is 15.5 Å². The SMILES string of the molecule is C[C@@H](Nc1cc(N2CCNCC2)ccc1[N+](=O)[O-])C12CC3CC(CC(C3)C1)C2. The minimum Gasteiger partial charge on any atom is -0.376 e. The van der Waals surface area contributed by atoms with Crippen molar-refractivity contribution in [2.24, 2.45) is 23.2 Å². The summed E-state index contributed by atoms with van der Waals surface area (Å²) in [6.45, 7) is 6.09. The molecule has 5 fully saturated rings. The van der Waals surface area contributed by atoms with Gasteiger partial charge in [0.1, 0.15) is 5.69 Å². The van der Waals surface area contributed by atoms with Crippen LogP contribution in [0, 0.1) is 33.3 Å². The molecule has 0 radical (unpaired) electrons. The fraction of sp³-hybridized carbons (Fsp3) is 0.727. The maximum atomic E-state index is 11.7. The Morgan fingerprint density at radius 2 is 1.75 bits per heavy atom. The summed E-state index contributed by atoms with van der Waals surface area (Å²) in [4.78, 5) is 13.8. The van der Waals surface area contributed by atoms with Crippen LogP contribution in [0.15, 0.2) is 18.2 Å². The number of hydrogen-bond donors (Lipinski definition) is 2. The lowest BCUT2D eigenvalue weighted by Gasteiger charge is -2.59. The second-order valence-electron chi connectivity index (χ2n) is 9.84. The first-order valence-electron chi connectivity index (χ1n) is 11.0. The van der Waals surface area contributed by atoms with Crippen molar-refractivity contribution in [1.29, 1.82) is 0 Å².